The maximum Gasteiger partial charge on any atom is 0.165 e. The van der Waals surface area contributed by atoms with Gasteiger partial charge in [-0.25, -0.2) is 4.39 Å². The van der Waals surface area contributed by atoms with Crippen molar-refractivity contribution in [1.82, 2.24) is 10.2 Å². The van der Waals surface area contributed by atoms with Gasteiger partial charge in [0.05, 0.1) is 0 Å². The predicted octanol–water partition coefficient (Wildman–Crippen LogP) is 1.57. The predicted molar refractivity (Wildman–Crippen MR) is 65.4 cm³/mol. The lowest BCUT2D eigenvalue weighted by Gasteiger charge is -2.12. The van der Waals surface area contributed by atoms with E-state index < -0.39 is 5.82 Å². The Morgan fingerprint density at radius 1 is 1.53 bits per heavy atom. The number of hydrogen-bond acceptors (Lipinski definition) is 3. The average Bonchev–Trinajstić information content (AvgIpc) is 2.70. The van der Waals surface area contributed by atoms with Crippen molar-refractivity contribution < 1.29 is 9.50 Å². The molecule has 1 saturated heterocycles. The van der Waals surface area contributed by atoms with Crippen LogP contribution in [-0.2, 0) is 6.54 Å². The molecule has 4 heteroatoms. The summed E-state index contributed by atoms with van der Waals surface area (Å²) in [5, 5.41) is 12.8. The van der Waals surface area contributed by atoms with E-state index in [2.05, 4.69) is 17.3 Å². The van der Waals surface area contributed by atoms with Crippen molar-refractivity contribution in [3.8, 4) is 5.75 Å². The number of likely N-dealkylation sites (tertiary alicyclic amines) is 1. The van der Waals surface area contributed by atoms with E-state index in [0.29, 0.717) is 18.0 Å². The van der Waals surface area contributed by atoms with E-state index in [0.717, 1.165) is 19.6 Å². The Hall–Kier alpha value is -1.13. The third-order valence-corrected chi connectivity index (χ3v) is 3.31. The Morgan fingerprint density at radius 2 is 2.35 bits per heavy atom. The number of halogens is 1. The number of nitrogens with one attached hydrogen (secondary N) is 1. The molecule has 1 heterocycles. The smallest absolute Gasteiger partial charge is 0.165 e. The van der Waals surface area contributed by atoms with Gasteiger partial charge in [0, 0.05) is 18.7 Å². The minimum absolute atomic E-state index is 0.233. The van der Waals surface area contributed by atoms with Gasteiger partial charge in [0.25, 0.3) is 0 Å². The Balaban J connectivity index is 1.80. The Kier molecular flexibility index (Phi) is 3.97. The number of rotatable bonds is 4. The molecule has 1 fully saturated rings. The van der Waals surface area contributed by atoms with Crippen LogP contribution in [0, 0.1) is 11.7 Å². The fourth-order valence-corrected chi connectivity index (χ4v) is 2.31. The maximum absolute atomic E-state index is 13.1. The average molecular weight is 238 g/mol. The van der Waals surface area contributed by atoms with Crippen molar-refractivity contribution >= 4 is 0 Å². The molecule has 0 aromatic heterocycles. The summed E-state index contributed by atoms with van der Waals surface area (Å²) in [5.41, 5.74) is 0.622. The van der Waals surface area contributed by atoms with Gasteiger partial charge in [-0.05, 0) is 38.5 Å². The molecule has 94 valence electrons. The minimum Gasteiger partial charge on any atom is -0.505 e. The number of phenols is 1. The summed E-state index contributed by atoms with van der Waals surface area (Å²) in [4.78, 5) is 2.31. The van der Waals surface area contributed by atoms with Crippen molar-refractivity contribution in [2.75, 3.05) is 26.7 Å². The zero-order valence-corrected chi connectivity index (χ0v) is 10.1. The first kappa shape index (κ1) is 12.3. The third-order valence-electron chi connectivity index (χ3n) is 3.31. The highest BCUT2D eigenvalue weighted by Gasteiger charge is 2.18. The molecule has 1 unspecified atom stereocenters. The van der Waals surface area contributed by atoms with Crippen LogP contribution in [0.1, 0.15) is 12.0 Å². The lowest BCUT2D eigenvalue weighted by molar-refractivity contribution is 0.386. The van der Waals surface area contributed by atoms with Crippen molar-refractivity contribution in [2.24, 2.45) is 5.92 Å². The zero-order chi connectivity index (χ0) is 12.3. The summed E-state index contributed by atoms with van der Waals surface area (Å²) >= 11 is 0. The molecule has 0 bridgehead atoms. The number of para-hydroxylation sites is 1. The number of phenolic OH excluding ortho intramolecular Hbond substituents is 1. The molecule has 0 spiro atoms. The van der Waals surface area contributed by atoms with Crippen LogP contribution in [0.25, 0.3) is 0 Å². The first-order valence-corrected chi connectivity index (χ1v) is 6.02. The van der Waals surface area contributed by atoms with Crippen molar-refractivity contribution in [3.63, 3.8) is 0 Å². The van der Waals surface area contributed by atoms with Crippen LogP contribution < -0.4 is 5.32 Å². The molecule has 1 aliphatic rings. The number of hydrogen-bond donors (Lipinski definition) is 2. The molecule has 0 saturated carbocycles. The van der Waals surface area contributed by atoms with E-state index in [4.69, 9.17) is 0 Å². The van der Waals surface area contributed by atoms with Crippen molar-refractivity contribution in [2.45, 2.75) is 13.0 Å². The van der Waals surface area contributed by atoms with Crippen LogP contribution >= 0.6 is 0 Å². The Morgan fingerprint density at radius 3 is 3.06 bits per heavy atom. The number of aromatic hydroxyl groups is 1. The number of benzene rings is 1. The largest absolute Gasteiger partial charge is 0.505 e. The molecule has 0 amide bonds. The van der Waals surface area contributed by atoms with E-state index in [1.807, 2.05) is 0 Å². The van der Waals surface area contributed by atoms with Gasteiger partial charge in [0.15, 0.2) is 11.6 Å². The van der Waals surface area contributed by atoms with Gasteiger partial charge in [0.1, 0.15) is 0 Å². The standard InChI is InChI=1S/C13H19FN2O/c1-16-6-5-10(9-16)7-15-8-11-3-2-4-12(14)13(11)17/h2-4,10,15,17H,5-9H2,1H3. The van der Waals surface area contributed by atoms with E-state index in [9.17, 15) is 9.50 Å². The van der Waals surface area contributed by atoms with Crippen LogP contribution in [0.2, 0.25) is 0 Å². The zero-order valence-electron chi connectivity index (χ0n) is 10.1. The van der Waals surface area contributed by atoms with Gasteiger partial charge in [-0.2, -0.15) is 0 Å². The summed E-state index contributed by atoms with van der Waals surface area (Å²) in [7, 11) is 2.12. The molecule has 1 aliphatic heterocycles. The molecule has 2 rings (SSSR count). The molecule has 3 nitrogen and oxygen atoms in total. The second-order valence-corrected chi connectivity index (χ2v) is 4.80. The van der Waals surface area contributed by atoms with Crippen LogP contribution in [-0.4, -0.2) is 36.7 Å². The molecule has 1 aromatic carbocycles. The Labute approximate surface area is 101 Å². The fraction of sp³-hybridized carbons (Fsp3) is 0.538. The molecule has 0 radical (unpaired) electrons. The van der Waals surface area contributed by atoms with Crippen LogP contribution in [0.4, 0.5) is 4.39 Å². The summed E-state index contributed by atoms with van der Waals surface area (Å²) in [5.74, 6) is -0.121. The maximum atomic E-state index is 13.1. The quantitative estimate of drug-likeness (QED) is 0.836. The molecular formula is C13H19FN2O. The summed E-state index contributed by atoms with van der Waals surface area (Å²) < 4.78 is 13.1. The first-order chi connectivity index (χ1) is 8.16. The van der Waals surface area contributed by atoms with Gasteiger partial charge in [0.2, 0.25) is 0 Å². The molecule has 2 N–H and O–H groups in total. The SMILES string of the molecule is CN1CCC(CNCc2cccc(F)c2O)C1. The molecule has 1 atom stereocenters. The van der Waals surface area contributed by atoms with Crippen LogP contribution in [0.15, 0.2) is 18.2 Å². The van der Waals surface area contributed by atoms with E-state index in [1.165, 1.54) is 12.5 Å². The molecule has 1 aromatic rings. The van der Waals surface area contributed by atoms with Gasteiger partial charge in [-0.3, -0.25) is 0 Å². The lowest BCUT2D eigenvalue weighted by atomic mass is 10.1. The lowest BCUT2D eigenvalue weighted by Crippen LogP contribution is -2.24. The highest BCUT2D eigenvalue weighted by atomic mass is 19.1. The number of nitrogens with zero attached hydrogens (tertiary/aromatic N) is 1. The monoisotopic (exact) mass is 238 g/mol. The normalized spacial score (nSPS) is 20.9. The van der Waals surface area contributed by atoms with E-state index >= 15 is 0 Å². The fourth-order valence-electron chi connectivity index (χ4n) is 2.31. The molecule has 17 heavy (non-hydrogen) atoms. The van der Waals surface area contributed by atoms with Crippen LogP contribution in [0.3, 0.4) is 0 Å². The van der Waals surface area contributed by atoms with Gasteiger partial charge >= 0.3 is 0 Å². The van der Waals surface area contributed by atoms with Gasteiger partial charge in [-0.1, -0.05) is 12.1 Å². The first-order valence-electron chi connectivity index (χ1n) is 6.02. The van der Waals surface area contributed by atoms with E-state index in [1.54, 1.807) is 12.1 Å². The summed E-state index contributed by atoms with van der Waals surface area (Å²) in [6.45, 7) is 3.70. The van der Waals surface area contributed by atoms with Crippen molar-refractivity contribution in [3.05, 3.63) is 29.6 Å². The van der Waals surface area contributed by atoms with E-state index in [-0.39, 0.29) is 5.75 Å². The molecular weight excluding hydrogens is 219 g/mol. The third kappa shape index (κ3) is 3.17. The summed E-state index contributed by atoms with van der Waals surface area (Å²) in [6, 6.07) is 4.63. The van der Waals surface area contributed by atoms with Crippen LogP contribution in [0.5, 0.6) is 5.75 Å². The highest BCUT2D eigenvalue weighted by Crippen LogP contribution is 2.20. The molecule has 0 aliphatic carbocycles. The van der Waals surface area contributed by atoms with Gasteiger partial charge < -0.3 is 15.3 Å². The minimum atomic E-state index is -0.551. The summed E-state index contributed by atoms with van der Waals surface area (Å²) in [6.07, 6.45) is 1.21. The van der Waals surface area contributed by atoms with Crippen molar-refractivity contribution in [1.29, 1.82) is 0 Å². The second-order valence-electron chi connectivity index (χ2n) is 4.80. The second kappa shape index (κ2) is 5.47. The topological polar surface area (TPSA) is 35.5 Å². The highest BCUT2D eigenvalue weighted by molar-refractivity contribution is 5.33. The Bertz CT molecular complexity index is 384. The van der Waals surface area contributed by atoms with Gasteiger partial charge in [-0.15, -0.1) is 0 Å².